The summed E-state index contributed by atoms with van der Waals surface area (Å²) in [7, 11) is 4.82. The lowest BCUT2D eigenvalue weighted by Crippen LogP contribution is -2.28. The molecule has 7 nitrogen and oxygen atoms in total. The summed E-state index contributed by atoms with van der Waals surface area (Å²) in [6.07, 6.45) is 2.33. The zero-order chi connectivity index (χ0) is 19.7. The van der Waals surface area contributed by atoms with E-state index in [-0.39, 0.29) is 12.1 Å². The molecule has 2 heterocycles. The molecule has 1 N–H and O–H groups in total. The van der Waals surface area contributed by atoms with Gasteiger partial charge in [-0.25, -0.2) is 4.68 Å². The first-order valence-electron chi connectivity index (χ1n) is 8.86. The summed E-state index contributed by atoms with van der Waals surface area (Å²) in [5.41, 5.74) is 2.14. The van der Waals surface area contributed by atoms with Gasteiger partial charge < -0.3 is 19.5 Å². The summed E-state index contributed by atoms with van der Waals surface area (Å²) in [6.45, 7) is 0. The van der Waals surface area contributed by atoms with Crippen LogP contribution in [0.4, 0.5) is 5.95 Å². The minimum atomic E-state index is -0.0480. The zero-order valence-corrected chi connectivity index (χ0v) is 16.6. The van der Waals surface area contributed by atoms with Gasteiger partial charge in [-0.05, 0) is 41.8 Å². The van der Waals surface area contributed by atoms with Gasteiger partial charge in [0.25, 0.3) is 0 Å². The van der Waals surface area contributed by atoms with E-state index in [0.717, 1.165) is 17.5 Å². The molecule has 4 rings (SSSR count). The highest BCUT2D eigenvalue weighted by Crippen LogP contribution is 2.44. The Labute approximate surface area is 168 Å². The van der Waals surface area contributed by atoms with Gasteiger partial charge in [0.05, 0.1) is 33.4 Å². The lowest BCUT2D eigenvalue weighted by molar-refractivity contribution is 0.322. The van der Waals surface area contributed by atoms with Crippen molar-refractivity contribution in [2.24, 2.45) is 0 Å². The minimum Gasteiger partial charge on any atom is -0.493 e. The van der Waals surface area contributed by atoms with Gasteiger partial charge in [-0.1, -0.05) is 23.7 Å². The molecule has 0 bridgehead atoms. The lowest BCUT2D eigenvalue weighted by Gasteiger charge is -2.32. The molecule has 146 valence electrons. The Balaban J connectivity index is 1.77. The number of fused-ring (bicyclic) bond motifs is 1. The number of aromatic nitrogens is 3. The standard InChI is InChI=1S/C20H21ClN4O3/c1-26-17-8-13(9-18(27-2)19(17)28-3)16-10-15(12-4-6-14(21)7-5-12)24-20-22-11-23-25(16)20/h4-9,11,15-16H,10H2,1-3H3,(H,22,23,24)/t15-,16+/m1/s1. The van der Waals surface area contributed by atoms with E-state index < -0.39 is 0 Å². The monoisotopic (exact) mass is 400 g/mol. The lowest BCUT2D eigenvalue weighted by atomic mass is 9.93. The van der Waals surface area contributed by atoms with Gasteiger partial charge in [0.15, 0.2) is 11.5 Å². The van der Waals surface area contributed by atoms with E-state index >= 15 is 0 Å². The first-order chi connectivity index (χ1) is 13.6. The van der Waals surface area contributed by atoms with Gasteiger partial charge in [-0.2, -0.15) is 10.1 Å². The number of nitrogens with zero attached hydrogens (tertiary/aromatic N) is 3. The van der Waals surface area contributed by atoms with Gasteiger partial charge in [-0.15, -0.1) is 0 Å². The SMILES string of the molecule is COc1cc([C@@H]2C[C@H](c3ccc(Cl)cc3)Nc3ncnn32)cc(OC)c1OC. The minimum absolute atomic E-state index is 0.0480. The van der Waals surface area contributed by atoms with Crippen molar-refractivity contribution < 1.29 is 14.2 Å². The number of hydrogen-bond donors (Lipinski definition) is 1. The molecular weight excluding hydrogens is 380 g/mol. The van der Waals surface area contributed by atoms with E-state index in [4.69, 9.17) is 25.8 Å². The Bertz CT molecular complexity index is 949. The van der Waals surface area contributed by atoms with Gasteiger partial charge >= 0.3 is 0 Å². The van der Waals surface area contributed by atoms with Crippen LogP contribution in [0.2, 0.25) is 5.02 Å². The predicted octanol–water partition coefficient (Wildman–Crippen LogP) is 4.10. The number of benzene rings is 2. The molecule has 0 radical (unpaired) electrons. The van der Waals surface area contributed by atoms with Crippen LogP contribution < -0.4 is 19.5 Å². The molecule has 0 saturated carbocycles. The van der Waals surface area contributed by atoms with Crippen LogP contribution in [0.5, 0.6) is 17.2 Å². The third-order valence-electron chi connectivity index (χ3n) is 4.97. The smallest absolute Gasteiger partial charge is 0.222 e. The van der Waals surface area contributed by atoms with Crippen LogP contribution in [0.15, 0.2) is 42.7 Å². The largest absolute Gasteiger partial charge is 0.493 e. The average Bonchev–Trinajstić information content (AvgIpc) is 3.21. The number of hydrogen-bond acceptors (Lipinski definition) is 6. The van der Waals surface area contributed by atoms with Gasteiger partial charge in [0.2, 0.25) is 11.7 Å². The van der Waals surface area contributed by atoms with Crippen molar-refractivity contribution in [1.29, 1.82) is 0 Å². The van der Waals surface area contributed by atoms with Crippen LogP contribution >= 0.6 is 11.6 Å². The summed E-state index contributed by atoms with van der Waals surface area (Å²) in [5, 5.41) is 8.58. The van der Waals surface area contributed by atoms with E-state index in [9.17, 15) is 0 Å². The molecule has 0 amide bonds. The molecule has 0 saturated heterocycles. The molecule has 0 spiro atoms. The molecule has 2 atom stereocenters. The molecule has 0 unspecified atom stereocenters. The number of methoxy groups -OCH3 is 3. The molecule has 1 aliphatic heterocycles. The molecule has 1 aliphatic rings. The number of nitrogens with one attached hydrogen (secondary N) is 1. The quantitative estimate of drug-likeness (QED) is 0.695. The second kappa shape index (κ2) is 7.59. The van der Waals surface area contributed by atoms with Crippen molar-refractivity contribution >= 4 is 17.5 Å². The maximum atomic E-state index is 6.05. The topological polar surface area (TPSA) is 70.4 Å². The molecule has 3 aromatic rings. The highest BCUT2D eigenvalue weighted by atomic mass is 35.5. The van der Waals surface area contributed by atoms with Crippen molar-refractivity contribution in [2.45, 2.75) is 18.5 Å². The average molecular weight is 401 g/mol. The van der Waals surface area contributed by atoms with Crippen LogP contribution in [-0.2, 0) is 0 Å². The maximum Gasteiger partial charge on any atom is 0.222 e. The van der Waals surface area contributed by atoms with Crippen LogP contribution in [0, 0.1) is 0 Å². The second-order valence-corrected chi connectivity index (χ2v) is 6.92. The number of anilines is 1. The van der Waals surface area contributed by atoms with E-state index in [1.54, 1.807) is 27.7 Å². The van der Waals surface area contributed by atoms with Crippen LogP contribution in [0.25, 0.3) is 0 Å². The Kier molecular flexibility index (Phi) is 5.00. The van der Waals surface area contributed by atoms with Crippen molar-refractivity contribution in [3.63, 3.8) is 0 Å². The Morgan fingerprint density at radius 1 is 1.00 bits per heavy atom. The van der Waals surface area contributed by atoms with E-state index in [1.807, 2.05) is 41.1 Å². The Morgan fingerprint density at radius 2 is 1.68 bits per heavy atom. The fourth-order valence-electron chi connectivity index (χ4n) is 3.60. The summed E-state index contributed by atoms with van der Waals surface area (Å²) in [5.74, 6) is 2.50. The van der Waals surface area contributed by atoms with Crippen molar-refractivity contribution in [1.82, 2.24) is 14.8 Å². The van der Waals surface area contributed by atoms with Gasteiger partial charge in [0, 0.05) is 5.02 Å². The fourth-order valence-corrected chi connectivity index (χ4v) is 3.73. The first-order valence-corrected chi connectivity index (χ1v) is 9.23. The highest BCUT2D eigenvalue weighted by Gasteiger charge is 2.31. The van der Waals surface area contributed by atoms with Gasteiger partial charge in [-0.3, -0.25) is 0 Å². The first kappa shape index (κ1) is 18.4. The summed E-state index contributed by atoms with van der Waals surface area (Å²) < 4.78 is 18.4. The molecule has 1 aromatic heterocycles. The van der Waals surface area contributed by atoms with E-state index in [1.165, 1.54) is 0 Å². The van der Waals surface area contributed by atoms with Crippen molar-refractivity contribution in [3.8, 4) is 17.2 Å². The third-order valence-corrected chi connectivity index (χ3v) is 5.23. The van der Waals surface area contributed by atoms with E-state index in [2.05, 4.69) is 15.4 Å². The molecule has 0 fully saturated rings. The fraction of sp³-hybridized carbons (Fsp3) is 0.300. The normalized spacial score (nSPS) is 18.1. The summed E-state index contributed by atoms with van der Waals surface area (Å²) >= 11 is 6.05. The Hall–Kier alpha value is -2.93. The molecule has 8 heteroatoms. The number of halogens is 1. The summed E-state index contributed by atoms with van der Waals surface area (Å²) in [4.78, 5) is 4.37. The van der Waals surface area contributed by atoms with Crippen molar-refractivity contribution in [2.75, 3.05) is 26.6 Å². The molecule has 28 heavy (non-hydrogen) atoms. The molecule has 2 aromatic carbocycles. The third kappa shape index (κ3) is 3.22. The number of rotatable bonds is 5. The van der Waals surface area contributed by atoms with Crippen molar-refractivity contribution in [3.05, 3.63) is 58.9 Å². The number of ether oxygens (including phenoxy) is 3. The van der Waals surface area contributed by atoms with E-state index in [0.29, 0.717) is 28.2 Å². The van der Waals surface area contributed by atoms with Crippen LogP contribution in [0.1, 0.15) is 29.6 Å². The van der Waals surface area contributed by atoms with Crippen LogP contribution in [0.3, 0.4) is 0 Å². The predicted molar refractivity (Wildman–Crippen MR) is 107 cm³/mol. The Morgan fingerprint density at radius 3 is 2.29 bits per heavy atom. The second-order valence-electron chi connectivity index (χ2n) is 6.49. The summed E-state index contributed by atoms with van der Waals surface area (Å²) in [6, 6.07) is 11.8. The maximum absolute atomic E-state index is 6.05. The zero-order valence-electron chi connectivity index (χ0n) is 15.8. The molecular formula is C20H21ClN4O3. The molecule has 0 aliphatic carbocycles. The van der Waals surface area contributed by atoms with Gasteiger partial charge in [0.1, 0.15) is 6.33 Å². The highest BCUT2D eigenvalue weighted by molar-refractivity contribution is 6.30. The van der Waals surface area contributed by atoms with Crippen LogP contribution in [-0.4, -0.2) is 36.1 Å².